The van der Waals surface area contributed by atoms with Crippen molar-refractivity contribution in [2.75, 3.05) is 10.2 Å². The average Bonchev–Trinajstić information content (AvgIpc) is 3.30. The van der Waals surface area contributed by atoms with E-state index in [4.69, 9.17) is 9.47 Å². The van der Waals surface area contributed by atoms with E-state index in [1.807, 2.05) is 0 Å². The number of imide groups is 1. The SMILES string of the molecule is Cc1ccc(NC(=O)c2cc(C(F)(F)F)ccn2)cc1C#Cc1cnc(N(C(=O)OC(C)(C)C)C(=O)OC(C)(C)C)s1. The number of anilines is 2. The van der Waals surface area contributed by atoms with Crippen molar-refractivity contribution in [2.45, 2.75) is 65.8 Å². The second-order valence-electron chi connectivity index (χ2n) is 11.0. The van der Waals surface area contributed by atoms with Crippen LogP contribution in [0.1, 0.15) is 73.6 Å². The number of rotatable bonds is 3. The van der Waals surface area contributed by atoms with Gasteiger partial charge >= 0.3 is 18.4 Å². The Morgan fingerprint density at radius 2 is 1.52 bits per heavy atom. The molecule has 2 aromatic heterocycles. The van der Waals surface area contributed by atoms with Gasteiger partial charge in [0.1, 0.15) is 16.9 Å². The third-order valence-electron chi connectivity index (χ3n) is 4.97. The van der Waals surface area contributed by atoms with Crippen LogP contribution in [0.5, 0.6) is 0 Å². The van der Waals surface area contributed by atoms with Crippen LogP contribution in [0.15, 0.2) is 42.7 Å². The molecular weight excluding hydrogens is 573 g/mol. The van der Waals surface area contributed by atoms with Gasteiger partial charge < -0.3 is 14.8 Å². The standard InChI is InChI=1S/C29H29F3N4O5S/c1-17-8-10-20(35-23(37)22-15-19(12-13-33-22)29(30,31)32)14-18(17)9-11-21-16-34-24(42-21)36(25(38)40-27(2,3)4)26(39)41-28(5,6)7/h8,10,12-16H,1-7H3,(H,35,37). The smallest absolute Gasteiger partial charge is 0.426 e. The van der Waals surface area contributed by atoms with Crippen molar-refractivity contribution in [3.63, 3.8) is 0 Å². The molecule has 13 heteroatoms. The van der Waals surface area contributed by atoms with Crippen LogP contribution in [0, 0.1) is 18.8 Å². The predicted molar refractivity (Wildman–Crippen MR) is 151 cm³/mol. The van der Waals surface area contributed by atoms with E-state index in [0.717, 1.165) is 29.2 Å². The van der Waals surface area contributed by atoms with Crippen LogP contribution in [0.25, 0.3) is 0 Å². The Bertz CT molecular complexity index is 1530. The molecule has 0 saturated carbocycles. The van der Waals surface area contributed by atoms with Crippen LogP contribution in [-0.2, 0) is 15.7 Å². The van der Waals surface area contributed by atoms with E-state index >= 15 is 0 Å². The van der Waals surface area contributed by atoms with Crippen molar-refractivity contribution in [3.05, 3.63) is 70.0 Å². The fraction of sp³-hybridized carbons (Fsp3) is 0.345. The molecule has 0 unspecified atom stereocenters. The van der Waals surface area contributed by atoms with Crippen LogP contribution in [0.3, 0.4) is 0 Å². The Kier molecular flexibility index (Phi) is 9.32. The number of nitrogens with one attached hydrogen (secondary N) is 1. The lowest BCUT2D eigenvalue weighted by Crippen LogP contribution is -2.43. The number of hydrogen-bond donors (Lipinski definition) is 1. The summed E-state index contributed by atoms with van der Waals surface area (Å²) in [6.45, 7) is 11.7. The third-order valence-corrected chi connectivity index (χ3v) is 5.87. The number of pyridine rings is 1. The number of alkyl halides is 3. The highest BCUT2D eigenvalue weighted by Crippen LogP contribution is 2.29. The fourth-order valence-corrected chi connectivity index (χ4v) is 3.91. The summed E-state index contributed by atoms with van der Waals surface area (Å²) < 4.78 is 49.8. The van der Waals surface area contributed by atoms with Crippen LogP contribution < -0.4 is 10.2 Å². The molecular formula is C29H29F3N4O5S. The Morgan fingerprint density at radius 3 is 2.10 bits per heavy atom. The molecule has 9 nitrogen and oxygen atoms in total. The van der Waals surface area contributed by atoms with E-state index in [-0.39, 0.29) is 5.13 Å². The van der Waals surface area contributed by atoms with Gasteiger partial charge in [-0.05, 0) is 84.2 Å². The molecule has 3 aromatic rings. The summed E-state index contributed by atoms with van der Waals surface area (Å²) in [6, 6.07) is 6.27. The molecule has 0 atom stereocenters. The number of benzene rings is 1. The number of carbonyl (C=O) groups is 3. The molecule has 0 aliphatic carbocycles. The molecule has 0 radical (unpaired) electrons. The molecule has 3 rings (SSSR count). The topological polar surface area (TPSA) is 111 Å². The van der Waals surface area contributed by atoms with E-state index in [1.165, 1.54) is 6.20 Å². The molecule has 222 valence electrons. The molecule has 0 aliphatic rings. The third kappa shape index (κ3) is 9.04. The van der Waals surface area contributed by atoms with Gasteiger partial charge in [-0.2, -0.15) is 18.1 Å². The normalized spacial score (nSPS) is 11.7. The maximum Gasteiger partial charge on any atom is 0.426 e. The van der Waals surface area contributed by atoms with Gasteiger partial charge in [-0.3, -0.25) is 9.78 Å². The predicted octanol–water partition coefficient (Wildman–Crippen LogP) is 7.19. The number of thiazole rings is 1. The van der Waals surface area contributed by atoms with Gasteiger partial charge in [-0.25, -0.2) is 14.6 Å². The summed E-state index contributed by atoms with van der Waals surface area (Å²) in [5.74, 6) is 5.05. The highest BCUT2D eigenvalue weighted by molar-refractivity contribution is 7.16. The fourth-order valence-electron chi connectivity index (χ4n) is 3.16. The van der Waals surface area contributed by atoms with E-state index in [2.05, 4.69) is 27.1 Å². The quantitative estimate of drug-likeness (QED) is 0.316. The molecule has 0 bridgehead atoms. The zero-order valence-corrected chi connectivity index (χ0v) is 24.8. The summed E-state index contributed by atoms with van der Waals surface area (Å²) in [4.78, 5) is 47.3. The lowest BCUT2D eigenvalue weighted by Gasteiger charge is -2.27. The van der Waals surface area contributed by atoms with Gasteiger partial charge in [0.2, 0.25) is 5.13 Å². The molecule has 1 aromatic carbocycles. The Balaban J connectivity index is 1.85. The van der Waals surface area contributed by atoms with Crippen molar-refractivity contribution in [3.8, 4) is 11.8 Å². The first-order valence-corrected chi connectivity index (χ1v) is 13.3. The minimum Gasteiger partial charge on any atom is -0.443 e. The molecule has 1 N–H and O–H groups in total. The zero-order chi connectivity index (χ0) is 31.5. The van der Waals surface area contributed by atoms with Crippen molar-refractivity contribution in [2.24, 2.45) is 0 Å². The summed E-state index contributed by atoms with van der Waals surface area (Å²) in [5, 5.41) is 2.52. The number of ether oxygens (including phenoxy) is 2. The van der Waals surface area contributed by atoms with Gasteiger partial charge in [0.05, 0.1) is 16.6 Å². The largest absolute Gasteiger partial charge is 0.443 e. The van der Waals surface area contributed by atoms with Gasteiger partial charge in [0, 0.05) is 17.4 Å². The average molecular weight is 603 g/mol. The van der Waals surface area contributed by atoms with E-state index in [1.54, 1.807) is 66.7 Å². The van der Waals surface area contributed by atoms with Crippen molar-refractivity contribution in [1.29, 1.82) is 0 Å². The lowest BCUT2D eigenvalue weighted by atomic mass is 10.1. The van der Waals surface area contributed by atoms with Crippen molar-refractivity contribution >= 4 is 40.2 Å². The first-order chi connectivity index (χ1) is 19.3. The van der Waals surface area contributed by atoms with E-state index in [9.17, 15) is 27.6 Å². The molecule has 42 heavy (non-hydrogen) atoms. The van der Waals surface area contributed by atoms with Crippen LogP contribution in [0.2, 0.25) is 0 Å². The van der Waals surface area contributed by atoms with Gasteiger partial charge in [0.15, 0.2) is 0 Å². The number of amides is 3. The van der Waals surface area contributed by atoms with Crippen LogP contribution in [-0.4, -0.2) is 39.3 Å². The molecule has 0 saturated heterocycles. The van der Waals surface area contributed by atoms with E-state index in [0.29, 0.717) is 27.1 Å². The lowest BCUT2D eigenvalue weighted by molar-refractivity contribution is -0.137. The summed E-state index contributed by atoms with van der Waals surface area (Å²) >= 11 is 0.960. The highest BCUT2D eigenvalue weighted by atomic mass is 32.1. The zero-order valence-electron chi connectivity index (χ0n) is 24.0. The number of hydrogen-bond acceptors (Lipinski definition) is 8. The molecule has 0 fully saturated rings. The molecule has 0 aliphatic heterocycles. The molecule has 3 amide bonds. The minimum atomic E-state index is -4.61. The highest BCUT2D eigenvalue weighted by Gasteiger charge is 2.35. The van der Waals surface area contributed by atoms with Crippen LogP contribution in [0.4, 0.5) is 33.6 Å². The number of halogens is 3. The van der Waals surface area contributed by atoms with Gasteiger partial charge in [-0.15, -0.1) is 0 Å². The Labute approximate surface area is 245 Å². The van der Waals surface area contributed by atoms with Crippen molar-refractivity contribution < 1.29 is 37.0 Å². The monoisotopic (exact) mass is 602 g/mol. The van der Waals surface area contributed by atoms with Gasteiger partial charge in [-0.1, -0.05) is 23.3 Å². The summed E-state index contributed by atoms with van der Waals surface area (Å²) in [7, 11) is 0. The second kappa shape index (κ2) is 12.2. The number of carbonyl (C=O) groups excluding carboxylic acids is 3. The first-order valence-electron chi connectivity index (χ1n) is 12.5. The summed E-state index contributed by atoms with van der Waals surface area (Å²) in [6.07, 6.45) is -4.23. The number of aryl methyl sites for hydroxylation is 1. The van der Waals surface area contributed by atoms with Crippen molar-refractivity contribution in [1.82, 2.24) is 9.97 Å². The number of aromatic nitrogens is 2. The second-order valence-corrected chi connectivity index (χ2v) is 12.0. The molecule has 2 heterocycles. The minimum absolute atomic E-state index is 0.00544. The van der Waals surface area contributed by atoms with Gasteiger partial charge in [0.25, 0.3) is 5.91 Å². The maximum absolute atomic E-state index is 13.0. The molecule has 0 spiro atoms. The maximum atomic E-state index is 13.0. The van der Waals surface area contributed by atoms with Crippen LogP contribution >= 0.6 is 11.3 Å². The van der Waals surface area contributed by atoms with E-state index < -0.39 is 46.7 Å². The summed E-state index contributed by atoms with van der Waals surface area (Å²) in [5.41, 5.74) is -1.59. The first kappa shape index (κ1) is 32.1. The number of nitrogens with zero attached hydrogens (tertiary/aromatic N) is 3. The Hall–Kier alpha value is -4.44. The Morgan fingerprint density at radius 1 is 0.905 bits per heavy atom.